The zero-order valence-corrected chi connectivity index (χ0v) is 12.4. The molecule has 1 aliphatic rings. The van der Waals surface area contributed by atoms with Crippen LogP contribution in [0.4, 0.5) is 11.5 Å². The van der Waals surface area contributed by atoms with E-state index < -0.39 is 0 Å². The lowest BCUT2D eigenvalue weighted by molar-refractivity contribution is 0.647. The third-order valence-electron chi connectivity index (χ3n) is 3.89. The smallest absolute Gasteiger partial charge is 0.128 e. The number of nitrogens with zero attached hydrogens (tertiary/aromatic N) is 4. The van der Waals surface area contributed by atoms with Gasteiger partial charge in [-0.05, 0) is 30.7 Å². The Kier molecular flexibility index (Phi) is 4.01. The average Bonchev–Trinajstić information content (AvgIpc) is 2.55. The second-order valence-corrected chi connectivity index (χ2v) is 5.36. The fraction of sp³-hybridized carbons (Fsp3) is 0.375. The van der Waals surface area contributed by atoms with Crippen LogP contribution in [-0.4, -0.2) is 36.1 Å². The molecule has 0 radical (unpaired) electrons. The summed E-state index contributed by atoms with van der Waals surface area (Å²) in [4.78, 5) is 13.5. The zero-order valence-electron chi connectivity index (χ0n) is 12.4. The summed E-state index contributed by atoms with van der Waals surface area (Å²) < 4.78 is 0. The number of pyridine rings is 2. The van der Waals surface area contributed by atoms with Crippen LogP contribution in [0.3, 0.4) is 0 Å². The van der Waals surface area contributed by atoms with Gasteiger partial charge < -0.3 is 15.5 Å². The van der Waals surface area contributed by atoms with Crippen molar-refractivity contribution in [3.63, 3.8) is 0 Å². The van der Waals surface area contributed by atoms with Crippen LogP contribution >= 0.6 is 0 Å². The molecule has 0 saturated carbocycles. The van der Waals surface area contributed by atoms with Crippen LogP contribution in [0.1, 0.15) is 11.3 Å². The lowest BCUT2D eigenvalue weighted by Gasteiger charge is -2.36. The molecule has 21 heavy (non-hydrogen) atoms. The molecule has 1 fully saturated rings. The first-order valence-corrected chi connectivity index (χ1v) is 7.34. The predicted molar refractivity (Wildman–Crippen MR) is 85.5 cm³/mol. The van der Waals surface area contributed by atoms with E-state index in [0.717, 1.165) is 43.3 Å². The fourth-order valence-corrected chi connectivity index (χ4v) is 2.65. The van der Waals surface area contributed by atoms with Gasteiger partial charge in [-0.2, -0.15) is 0 Å². The second kappa shape index (κ2) is 6.10. The summed E-state index contributed by atoms with van der Waals surface area (Å²) in [6.45, 7) is 6.55. The summed E-state index contributed by atoms with van der Waals surface area (Å²) in [6, 6.07) is 8.34. The summed E-state index contributed by atoms with van der Waals surface area (Å²) >= 11 is 0. The number of nitrogens with two attached hydrogens (primary N) is 1. The van der Waals surface area contributed by atoms with Crippen molar-refractivity contribution in [3.8, 4) is 0 Å². The van der Waals surface area contributed by atoms with E-state index in [-0.39, 0.29) is 0 Å². The van der Waals surface area contributed by atoms with E-state index in [0.29, 0.717) is 6.54 Å². The Morgan fingerprint density at radius 2 is 1.81 bits per heavy atom. The van der Waals surface area contributed by atoms with Gasteiger partial charge in [-0.3, -0.25) is 4.98 Å². The van der Waals surface area contributed by atoms with E-state index in [1.807, 2.05) is 19.3 Å². The van der Waals surface area contributed by atoms with Crippen molar-refractivity contribution in [2.24, 2.45) is 5.73 Å². The second-order valence-electron chi connectivity index (χ2n) is 5.36. The van der Waals surface area contributed by atoms with Gasteiger partial charge in [-0.1, -0.05) is 6.07 Å². The third-order valence-corrected chi connectivity index (χ3v) is 3.89. The highest BCUT2D eigenvalue weighted by atomic mass is 15.3. The van der Waals surface area contributed by atoms with Gasteiger partial charge in [0, 0.05) is 56.5 Å². The maximum Gasteiger partial charge on any atom is 0.128 e. The first-order chi connectivity index (χ1) is 10.3. The lowest BCUT2D eigenvalue weighted by atomic mass is 10.2. The number of anilines is 2. The highest BCUT2D eigenvalue weighted by Crippen LogP contribution is 2.19. The Bertz CT molecular complexity index is 588. The molecule has 110 valence electrons. The largest absolute Gasteiger partial charge is 0.368 e. The van der Waals surface area contributed by atoms with Crippen LogP contribution in [0.15, 0.2) is 36.7 Å². The minimum absolute atomic E-state index is 0.544. The maximum atomic E-state index is 5.61. The Morgan fingerprint density at radius 3 is 2.43 bits per heavy atom. The van der Waals surface area contributed by atoms with Crippen LogP contribution in [0.5, 0.6) is 0 Å². The van der Waals surface area contributed by atoms with Gasteiger partial charge in [0.1, 0.15) is 5.82 Å². The Hall–Kier alpha value is -2.14. The van der Waals surface area contributed by atoms with E-state index >= 15 is 0 Å². The number of rotatable bonds is 3. The summed E-state index contributed by atoms with van der Waals surface area (Å²) in [7, 11) is 0. The Labute approximate surface area is 125 Å². The first kappa shape index (κ1) is 13.8. The molecular weight excluding hydrogens is 262 g/mol. The monoisotopic (exact) mass is 283 g/mol. The number of aryl methyl sites for hydroxylation is 1. The maximum absolute atomic E-state index is 5.61. The van der Waals surface area contributed by atoms with Crippen LogP contribution in [-0.2, 0) is 6.54 Å². The molecule has 3 rings (SSSR count). The van der Waals surface area contributed by atoms with Gasteiger partial charge in [-0.15, -0.1) is 0 Å². The molecule has 0 spiro atoms. The van der Waals surface area contributed by atoms with E-state index in [2.05, 4.69) is 44.0 Å². The van der Waals surface area contributed by atoms with Gasteiger partial charge in [0.25, 0.3) is 0 Å². The standard InChI is InChI=1S/C16H21N5/c1-13-10-15(4-5-18-13)20-6-8-21(9-7-20)16-3-2-14(11-17)12-19-16/h2-5,10,12H,6-9,11,17H2,1H3. The molecule has 5 heteroatoms. The highest BCUT2D eigenvalue weighted by Gasteiger charge is 2.18. The van der Waals surface area contributed by atoms with Crippen LogP contribution in [0.25, 0.3) is 0 Å². The van der Waals surface area contributed by atoms with Crippen molar-refractivity contribution in [2.75, 3.05) is 36.0 Å². The third kappa shape index (κ3) is 3.13. The molecule has 2 aromatic heterocycles. The lowest BCUT2D eigenvalue weighted by Crippen LogP contribution is -2.46. The molecule has 0 amide bonds. The zero-order chi connectivity index (χ0) is 14.7. The molecule has 0 unspecified atom stereocenters. The van der Waals surface area contributed by atoms with Gasteiger partial charge >= 0.3 is 0 Å². The number of piperazine rings is 1. The van der Waals surface area contributed by atoms with E-state index in [9.17, 15) is 0 Å². The Balaban J connectivity index is 1.64. The number of aromatic nitrogens is 2. The van der Waals surface area contributed by atoms with E-state index in [4.69, 9.17) is 5.73 Å². The predicted octanol–water partition coefficient (Wildman–Crippen LogP) is 1.57. The molecule has 0 aromatic carbocycles. The SMILES string of the molecule is Cc1cc(N2CCN(c3ccc(CN)cn3)CC2)ccn1. The van der Waals surface area contributed by atoms with E-state index in [1.54, 1.807) is 0 Å². The molecule has 0 bridgehead atoms. The van der Waals surface area contributed by atoms with Crippen molar-refractivity contribution in [1.29, 1.82) is 0 Å². The van der Waals surface area contributed by atoms with Crippen molar-refractivity contribution in [2.45, 2.75) is 13.5 Å². The van der Waals surface area contributed by atoms with Crippen molar-refractivity contribution < 1.29 is 0 Å². The molecule has 0 aliphatic carbocycles. The molecule has 2 aromatic rings. The average molecular weight is 283 g/mol. The molecule has 1 saturated heterocycles. The molecule has 3 heterocycles. The minimum atomic E-state index is 0.544. The quantitative estimate of drug-likeness (QED) is 0.926. The fourth-order valence-electron chi connectivity index (χ4n) is 2.65. The van der Waals surface area contributed by atoms with Crippen molar-refractivity contribution >= 4 is 11.5 Å². The molecule has 5 nitrogen and oxygen atoms in total. The number of hydrogen-bond donors (Lipinski definition) is 1. The molecule has 0 atom stereocenters. The summed E-state index contributed by atoms with van der Waals surface area (Å²) in [5.41, 5.74) is 9.00. The van der Waals surface area contributed by atoms with Crippen LogP contribution in [0, 0.1) is 6.92 Å². The summed E-state index contributed by atoms with van der Waals surface area (Å²) in [6.07, 6.45) is 3.75. The normalized spacial score (nSPS) is 15.3. The Morgan fingerprint density at radius 1 is 1.05 bits per heavy atom. The van der Waals surface area contributed by atoms with Gasteiger partial charge in [0.05, 0.1) is 0 Å². The minimum Gasteiger partial charge on any atom is -0.368 e. The first-order valence-electron chi connectivity index (χ1n) is 7.34. The van der Waals surface area contributed by atoms with Gasteiger partial charge in [0.2, 0.25) is 0 Å². The molecular formula is C16H21N5. The van der Waals surface area contributed by atoms with Crippen LogP contribution < -0.4 is 15.5 Å². The highest BCUT2D eigenvalue weighted by molar-refractivity contribution is 5.49. The topological polar surface area (TPSA) is 58.3 Å². The van der Waals surface area contributed by atoms with Gasteiger partial charge in [0.15, 0.2) is 0 Å². The number of hydrogen-bond acceptors (Lipinski definition) is 5. The summed E-state index contributed by atoms with van der Waals surface area (Å²) in [5, 5.41) is 0. The van der Waals surface area contributed by atoms with Gasteiger partial charge in [-0.25, -0.2) is 4.98 Å². The van der Waals surface area contributed by atoms with E-state index in [1.165, 1.54) is 5.69 Å². The van der Waals surface area contributed by atoms with Crippen molar-refractivity contribution in [1.82, 2.24) is 9.97 Å². The molecule has 1 aliphatic heterocycles. The van der Waals surface area contributed by atoms with Crippen molar-refractivity contribution in [3.05, 3.63) is 47.9 Å². The summed E-state index contributed by atoms with van der Waals surface area (Å²) in [5.74, 6) is 1.04. The van der Waals surface area contributed by atoms with Crippen LogP contribution in [0.2, 0.25) is 0 Å². The molecule has 2 N–H and O–H groups in total.